The molecule has 0 unspecified atom stereocenters. The maximum atomic E-state index is 5.76. The van der Waals surface area contributed by atoms with Crippen LogP contribution in [0.4, 0.5) is 0 Å². The van der Waals surface area contributed by atoms with Crippen molar-refractivity contribution >= 4 is 0 Å². The van der Waals surface area contributed by atoms with Gasteiger partial charge in [-0.2, -0.15) is 0 Å². The Morgan fingerprint density at radius 1 is 1.00 bits per heavy atom. The summed E-state index contributed by atoms with van der Waals surface area (Å²) in [6.07, 6.45) is 6.20. The van der Waals surface area contributed by atoms with Crippen LogP contribution in [-0.2, 0) is 0 Å². The van der Waals surface area contributed by atoms with E-state index in [0.717, 1.165) is 31.9 Å². The lowest BCUT2D eigenvalue weighted by atomic mass is 10.2. The van der Waals surface area contributed by atoms with Crippen LogP contribution in [0.15, 0.2) is 24.3 Å². The van der Waals surface area contributed by atoms with Gasteiger partial charge in [0, 0.05) is 0 Å². The van der Waals surface area contributed by atoms with Crippen LogP contribution in [0.5, 0.6) is 5.75 Å². The molecular weight excluding hydrogens is 222 g/mol. The molecule has 2 heteroatoms. The first-order valence-corrected chi connectivity index (χ1v) is 7.23. The summed E-state index contributed by atoms with van der Waals surface area (Å²) in [4.78, 5) is 0. The maximum absolute atomic E-state index is 5.76. The van der Waals surface area contributed by atoms with E-state index >= 15 is 0 Å². The van der Waals surface area contributed by atoms with E-state index in [9.17, 15) is 0 Å². The molecule has 102 valence electrons. The number of hydrogen-bond acceptors (Lipinski definition) is 2. The number of ether oxygens (including phenoxy) is 1. The predicted molar refractivity (Wildman–Crippen MR) is 78.3 cm³/mol. The SMILES string of the molecule is CCCCNCCCCCOc1ccccc1C. The topological polar surface area (TPSA) is 21.3 Å². The van der Waals surface area contributed by atoms with Gasteiger partial charge in [0.25, 0.3) is 0 Å². The lowest BCUT2D eigenvalue weighted by Gasteiger charge is -2.08. The Kier molecular flexibility index (Phi) is 8.32. The highest BCUT2D eigenvalue weighted by atomic mass is 16.5. The van der Waals surface area contributed by atoms with Crippen molar-refractivity contribution in [3.05, 3.63) is 29.8 Å². The number of aryl methyl sites for hydroxylation is 1. The van der Waals surface area contributed by atoms with Gasteiger partial charge in [0.15, 0.2) is 0 Å². The molecule has 0 saturated carbocycles. The van der Waals surface area contributed by atoms with Crippen molar-refractivity contribution < 1.29 is 4.74 Å². The van der Waals surface area contributed by atoms with Crippen LogP contribution in [0.25, 0.3) is 0 Å². The highest BCUT2D eigenvalue weighted by molar-refractivity contribution is 5.31. The maximum Gasteiger partial charge on any atom is 0.122 e. The number of unbranched alkanes of at least 4 members (excludes halogenated alkanes) is 3. The molecule has 0 radical (unpaired) electrons. The van der Waals surface area contributed by atoms with E-state index in [4.69, 9.17) is 4.74 Å². The van der Waals surface area contributed by atoms with Crippen molar-refractivity contribution in [2.24, 2.45) is 0 Å². The third-order valence-corrected chi connectivity index (χ3v) is 3.06. The molecule has 0 amide bonds. The van der Waals surface area contributed by atoms with Crippen molar-refractivity contribution in [2.45, 2.75) is 46.0 Å². The molecule has 0 aliphatic carbocycles. The minimum Gasteiger partial charge on any atom is -0.493 e. The van der Waals surface area contributed by atoms with E-state index in [1.54, 1.807) is 0 Å². The van der Waals surface area contributed by atoms with Crippen molar-refractivity contribution in [2.75, 3.05) is 19.7 Å². The van der Waals surface area contributed by atoms with E-state index in [-0.39, 0.29) is 0 Å². The molecule has 1 rings (SSSR count). The van der Waals surface area contributed by atoms with E-state index < -0.39 is 0 Å². The number of para-hydroxylation sites is 1. The highest BCUT2D eigenvalue weighted by Crippen LogP contribution is 2.16. The Bertz CT molecular complexity index is 312. The van der Waals surface area contributed by atoms with E-state index in [2.05, 4.69) is 25.2 Å². The number of rotatable bonds is 10. The second kappa shape index (κ2) is 9.95. The quantitative estimate of drug-likeness (QED) is 0.634. The largest absolute Gasteiger partial charge is 0.493 e. The molecule has 0 fully saturated rings. The first-order chi connectivity index (χ1) is 8.84. The van der Waals surface area contributed by atoms with E-state index in [1.807, 2.05) is 18.2 Å². The van der Waals surface area contributed by atoms with E-state index in [0.29, 0.717) is 0 Å². The monoisotopic (exact) mass is 249 g/mol. The number of nitrogens with one attached hydrogen (secondary N) is 1. The van der Waals surface area contributed by atoms with Crippen molar-refractivity contribution in [1.82, 2.24) is 5.32 Å². The Labute approximate surface area is 112 Å². The normalized spacial score (nSPS) is 10.6. The Morgan fingerprint density at radius 2 is 1.78 bits per heavy atom. The molecule has 0 spiro atoms. The molecule has 18 heavy (non-hydrogen) atoms. The molecule has 2 nitrogen and oxygen atoms in total. The van der Waals surface area contributed by atoms with Gasteiger partial charge in [-0.1, -0.05) is 31.5 Å². The van der Waals surface area contributed by atoms with Crippen LogP contribution in [0, 0.1) is 6.92 Å². The summed E-state index contributed by atoms with van der Waals surface area (Å²) in [6, 6.07) is 8.21. The highest BCUT2D eigenvalue weighted by Gasteiger charge is 1.97. The van der Waals surface area contributed by atoms with Gasteiger partial charge >= 0.3 is 0 Å². The van der Waals surface area contributed by atoms with Gasteiger partial charge in [-0.25, -0.2) is 0 Å². The molecule has 0 aliphatic rings. The first kappa shape index (κ1) is 15.0. The molecule has 0 aliphatic heterocycles. The second-order valence-electron chi connectivity index (χ2n) is 4.78. The lowest BCUT2D eigenvalue weighted by molar-refractivity contribution is 0.303. The van der Waals surface area contributed by atoms with Gasteiger partial charge in [0.05, 0.1) is 6.61 Å². The summed E-state index contributed by atoms with van der Waals surface area (Å²) in [7, 11) is 0. The summed E-state index contributed by atoms with van der Waals surface area (Å²) in [5, 5.41) is 3.46. The molecule has 0 aromatic heterocycles. The Hall–Kier alpha value is -1.02. The Morgan fingerprint density at radius 3 is 2.56 bits per heavy atom. The summed E-state index contributed by atoms with van der Waals surface area (Å²) in [5.74, 6) is 1.03. The van der Waals surface area contributed by atoms with Gasteiger partial charge in [-0.05, 0) is 57.3 Å². The third-order valence-electron chi connectivity index (χ3n) is 3.06. The van der Waals surface area contributed by atoms with Crippen LogP contribution in [0.2, 0.25) is 0 Å². The average molecular weight is 249 g/mol. The number of benzene rings is 1. The number of hydrogen-bond donors (Lipinski definition) is 1. The van der Waals surface area contributed by atoms with Crippen LogP contribution in [0.1, 0.15) is 44.6 Å². The fourth-order valence-electron chi connectivity index (χ4n) is 1.86. The molecule has 0 heterocycles. The minimum absolute atomic E-state index is 0.833. The van der Waals surface area contributed by atoms with Crippen molar-refractivity contribution in [1.29, 1.82) is 0 Å². The molecule has 1 aromatic carbocycles. The molecule has 0 atom stereocenters. The fraction of sp³-hybridized carbons (Fsp3) is 0.625. The van der Waals surface area contributed by atoms with Crippen molar-refractivity contribution in [3.8, 4) is 5.75 Å². The van der Waals surface area contributed by atoms with Gasteiger partial charge in [-0.15, -0.1) is 0 Å². The second-order valence-corrected chi connectivity index (χ2v) is 4.78. The van der Waals surface area contributed by atoms with Crippen LogP contribution in [0.3, 0.4) is 0 Å². The average Bonchev–Trinajstić information content (AvgIpc) is 2.39. The fourth-order valence-corrected chi connectivity index (χ4v) is 1.86. The summed E-state index contributed by atoms with van der Waals surface area (Å²) in [5.41, 5.74) is 1.22. The first-order valence-electron chi connectivity index (χ1n) is 7.23. The summed E-state index contributed by atoms with van der Waals surface area (Å²) >= 11 is 0. The van der Waals surface area contributed by atoms with E-state index in [1.165, 1.54) is 31.2 Å². The summed E-state index contributed by atoms with van der Waals surface area (Å²) in [6.45, 7) is 7.46. The molecule has 0 saturated heterocycles. The minimum atomic E-state index is 0.833. The molecule has 0 bridgehead atoms. The molecular formula is C16H27NO. The third kappa shape index (κ3) is 6.65. The zero-order valence-corrected chi connectivity index (χ0v) is 11.9. The van der Waals surface area contributed by atoms with Gasteiger partial charge < -0.3 is 10.1 Å². The Balaban J connectivity index is 1.94. The lowest BCUT2D eigenvalue weighted by Crippen LogP contribution is -2.16. The van der Waals surface area contributed by atoms with Gasteiger partial charge in [-0.3, -0.25) is 0 Å². The zero-order chi connectivity index (χ0) is 13.1. The van der Waals surface area contributed by atoms with Crippen molar-refractivity contribution in [3.63, 3.8) is 0 Å². The van der Waals surface area contributed by atoms with Crippen LogP contribution >= 0.6 is 0 Å². The van der Waals surface area contributed by atoms with Gasteiger partial charge in [0.1, 0.15) is 5.75 Å². The predicted octanol–water partition coefficient (Wildman–Crippen LogP) is 3.93. The smallest absolute Gasteiger partial charge is 0.122 e. The zero-order valence-electron chi connectivity index (χ0n) is 11.9. The molecule has 1 aromatic rings. The van der Waals surface area contributed by atoms with Crippen LogP contribution < -0.4 is 10.1 Å². The standard InChI is InChI=1S/C16H27NO/c1-3-4-12-17-13-8-5-9-14-18-16-11-7-6-10-15(16)2/h6-7,10-11,17H,3-5,8-9,12-14H2,1-2H3. The van der Waals surface area contributed by atoms with Gasteiger partial charge in [0.2, 0.25) is 0 Å². The summed E-state index contributed by atoms with van der Waals surface area (Å²) < 4.78 is 5.76. The molecule has 1 N–H and O–H groups in total. The van der Waals surface area contributed by atoms with Crippen LogP contribution in [-0.4, -0.2) is 19.7 Å².